The minimum absolute atomic E-state index is 0.125. The lowest BCUT2D eigenvalue weighted by molar-refractivity contribution is -0.118. The Labute approximate surface area is 271 Å². The van der Waals surface area contributed by atoms with Gasteiger partial charge in [-0.2, -0.15) is 0 Å². The second-order valence-electron chi connectivity index (χ2n) is 11.3. The van der Waals surface area contributed by atoms with Gasteiger partial charge in [0.2, 0.25) is 11.8 Å². The Morgan fingerprint density at radius 1 is 1.17 bits per heavy atom. The number of piperazine rings is 1. The number of nitrogens with one attached hydrogen (secondary N) is 3. The number of halogens is 3. The van der Waals surface area contributed by atoms with Gasteiger partial charge in [-0.05, 0) is 67.1 Å². The topological polar surface area (TPSA) is 156 Å². The zero-order valence-electron chi connectivity index (χ0n) is 25.0. The number of hydrogen-bond donors (Lipinski definition) is 6. The summed E-state index contributed by atoms with van der Waals surface area (Å²) in [6.07, 6.45) is 1.93. The van der Waals surface area contributed by atoms with Gasteiger partial charge in [0.05, 0.1) is 17.9 Å². The zero-order chi connectivity index (χ0) is 33.0. The van der Waals surface area contributed by atoms with Crippen LogP contribution in [0.1, 0.15) is 41.9 Å². The van der Waals surface area contributed by atoms with Gasteiger partial charge in [-0.1, -0.05) is 23.7 Å². The molecular weight excluding hydrogens is 644 g/mol. The fraction of sp³-hybridized carbons (Fsp3) is 0.387. The lowest BCUT2D eigenvalue weighted by Crippen LogP contribution is -2.55. The molecule has 2 fully saturated rings. The molecule has 0 spiro atoms. The summed E-state index contributed by atoms with van der Waals surface area (Å²) in [6.45, 7) is 0.971. The first-order valence-electron chi connectivity index (χ1n) is 14.8. The van der Waals surface area contributed by atoms with Crippen molar-refractivity contribution in [2.75, 3.05) is 31.3 Å². The van der Waals surface area contributed by atoms with Crippen molar-refractivity contribution in [3.05, 3.63) is 88.1 Å². The van der Waals surface area contributed by atoms with Gasteiger partial charge in [0.1, 0.15) is 17.7 Å². The van der Waals surface area contributed by atoms with Crippen molar-refractivity contribution in [2.45, 2.75) is 49.7 Å². The Balaban J connectivity index is 1.45. The highest BCUT2D eigenvalue weighted by atomic mass is 35.5. The van der Waals surface area contributed by atoms with Crippen molar-refractivity contribution in [3.8, 4) is 5.88 Å². The molecule has 248 valence electrons. The average Bonchev–Trinajstić information content (AvgIpc) is 3.13. The van der Waals surface area contributed by atoms with Crippen LogP contribution in [0.2, 0.25) is 5.02 Å². The Kier molecular flexibility index (Phi) is 10.7. The van der Waals surface area contributed by atoms with Crippen LogP contribution in [-0.2, 0) is 11.2 Å². The maximum Gasteiger partial charge on any atom is 0.405 e. The van der Waals surface area contributed by atoms with Crippen molar-refractivity contribution in [3.63, 3.8) is 0 Å². The third kappa shape index (κ3) is 7.70. The third-order valence-electron chi connectivity index (χ3n) is 8.43. The van der Waals surface area contributed by atoms with E-state index in [1.807, 2.05) is 0 Å². The zero-order valence-corrected chi connectivity index (χ0v) is 26.5. The van der Waals surface area contributed by atoms with Crippen LogP contribution >= 0.6 is 22.4 Å². The molecule has 2 aromatic carbocycles. The number of methoxy groups -OCH3 is 1. The van der Waals surface area contributed by atoms with Crippen molar-refractivity contribution >= 4 is 40.1 Å². The monoisotopic (exact) mass is 679 g/mol. The van der Waals surface area contributed by atoms with Gasteiger partial charge >= 0.3 is 6.09 Å². The van der Waals surface area contributed by atoms with Crippen LogP contribution in [0.25, 0.3) is 0 Å². The van der Waals surface area contributed by atoms with Crippen LogP contribution in [0, 0.1) is 11.6 Å². The molecule has 3 aromatic rings. The Morgan fingerprint density at radius 3 is 2.70 bits per heavy atom. The van der Waals surface area contributed by atoms with Crippen LogP contribution in [-0.4, -0.2) is 79.6 Å². The molecule has 46 heavy (non-hydrogen) atoms. The molecule has 2 aliphatic rings. The number of hydrogen-bond acceptors (Lipinski definition) is 8. The quantitative estimate of drug-likeness (QED) is 0.164. The minimum Gasteiger partial charge on any atom is -0.481 e. The SMILES string of the molecule is COc1cc([C@H](c2ccc(Cl)c(F)c2)[C@H](NC(=O)O)C(=O)Nc2cccc(F)c2CCC2CNC3CCCS(O)(O)N2C3)ccn1. The molecule has 1 aromatic heterocycles. The summed E-state index contributed by atoms with van der Waals surface area (Å²) >= 11 is 5.92. The molecule has 0 saturated carbocycles. The summed E-state index contributed by atoms with van der Waals surface area (Å²) < 4.78 is 58.6. The minimum atomic E-state index is -2.96. The first-order chi connectivity index (χ1) is 22.0. The first kappa shape index (κ1) is 33.8. The molecule has 2 amide bonds. The fourth-order valence-electron chi connectivity index (χ4n) is 6.17. The van der Waals surface area contributed by atoms with Crippen LogP contribution in [0.15, 0.2) is 54.7 Å². The van der Waals surface area contributed by atoms with Gasteiger partial charge in [0.15, 0.2) is 0 Å². The fourth-order valence-corrected chi connectivity index (χ4v) is 8.15. The summed E-state index contributed by atoms with van der Waals surface area (Å²) in [5, 5.41) is 18.0. The van der Waals surface area contributed by atoms with Crippen LogP contribution < -0.4 is 20.7 Å². The highest BCUT2D eigenvalue weighted by Crippen LogP contribution is 2.49. The molecule has 0 radical (unpaired) electrons. The van der Waals surface area contributed by atoms with Gasteiger partial charge < -0.3 is 25.8 Å². The molecule has 2 saturated heterocycles. The number of aromatic nitrogens is 1. The number of anilines is 1. The van der Waals surface area contributed by atoms with Gasteiger partial charge in [0, 0.05) is 54.6 Å². The van der Waals surface area contributed by atoms with E-state index in [0.717, 1.165) is 12.5 Å². The van der Waals surface area contributed by atoms with Crippen molar-refractivity contribution in [1.29, 1.82) is 0 Å². The average molecular weight is 680 g/mol. The molecule has 2 aliphatic heterocycles. The van der Waals surface area contributed by atoms with E-state index in [-0.39, 0.29) is 52.0 Å². The lowest BCUT2D eigenvalue weighted by atomic mass is 9.84. The highest BCUT2D eigenvalue weighted by molar-refractivity contribution is 8.22. The normalized spacial score (nSPS) is 22.5. The first-order valence-corrected chi connectivity index (χ1v) is 16.8. The number of carboxylic acid groups (broad SMARTS) is 1. The summed E-state index contributed by atoms with van der Waals surface area (Å²) in [5.41, 5.74) is 0.933. The molecule has 0 aliphatic carbocycles. The number of benzene rings is 2. The summed E-state index contributed by atoms with van der Waals surface area (Å²) in [7, 11) is -1.57. The second kappa shape index (κ2) is 14.5. The largest absolute Gasteiger partial charge is 0.481 e. The number of pyridine rings is 1. The number of carbonyl (C=O) groups is 2. The van der Waals surface area contributed by atoms with E-state index in [4.69, 9.17) is 16.3 Å². The smallest absolute Gasteiger partial charge is 0.405 e. The van der Waals surface area contributed by atoms with Crippen molar-refractivity contribution in [1.82, 2.24) is 19.9 Å². The van der Waals surface area contributed by atoms with Gasteiger partial charge in [-0.3, -0.25) is 13.9 Å². The number of fused-ring (bicyclic) bond motifs is 2. The third-order valence-corrected chi connectivity index (χ3v) is 10.8. The van der Waals surface area contributed by atoms with E-state index in [1.54, 1.807) is 10.4 Å². The summed E-state index contributed by atoms with van der Waals surface area (Å²) in [4.78, 5) is 30.1. The van der Waals surface area contributed by atoms with E-state index < -0.39 is 46.4 Å². The van der Waals surface area contributed by atoms with E-state index in [2.05, 4.69) is 20.9 Å². The van der Waals surface area contributed by atoms with Crippen molar-refractivity contribution in [2.24, 2.45) is 0 Å². The number of carbonyl (C=O) groups excluding carboxylic acids is 1. The molecule has 5 atom stereocenters. The van der Waals surface area contributed by atoms with E-state index >= 15 is 4.39 Å². The van der Waals surface area contributed by atoms with Crippen molar-refractivity contribution < 1.29 is 37.3 Å². The van der Waals surface area contributed by atoms with E-state index in [0.29, 0.717) is 31.5 Å². The van der Waals surface area contributed by atoms with Gasteiger partial charge in [-0.15, -0.1) is 10.8 Å². The highest BCUT2D eigenvalue weighted by Gasteiger charge is 2.38. The molecule has 11 nitrogen and oxygen atoms in total. The van der Waals surface area contributed by atoms with E-state index in [1.165, 1.54) is 49.7 Å². The molecule has 2 bridgehead atoms. The maximum absolute atomic E-state index is 15.3. The van der Waals surface area contributed by atoms with E-state index in [9.17, 15) is 28.2 Å². The summed E-state index contributed by atoms with van der Waals surface area (Å²) in [5.74, 6) is -2.79. The summed E-state index contributed by atoms with van der Waals surface area (Å²) in [6, 6.07) is 9.49. The molecule has 3 heterocycles. The molecule has 15 heteroatoms. The van der Waals surface area contributed by atoms with Crippen LogP contribution in [0.4, 0.5) is 19.3 Å². The predicted molar refractivity (Wildman–Crippen MR) is 172 cm³/mol. The molecule has 6 N–H and O–H groups in total. The molecular formula is C31H36ClF2N5O6S. The standard InChI is InChI=1S/C31H36ClF2N5O6S/c1-45-27-15-19(11-12-35-27)28(18-7-10-23(32)25(34)14-18)29(38-31(41)42)30(40)37-26-6-2-5-24(33)22(26)9-8-21-16-36-20-4-3-13-46(43,44)39(21)17-20/h2,5-7,10-12,14-15,20-21,28-29,36,38,43-44H,3-4,8-9,13,16-17H2,1H3,(H,37,40)(H,41,42)/t20?,21?,28-,29-/m0/s1. The number of amides is 2. The van der Waals surface area contributed by atoms with Gasteiger partial charge in [0.25, 0.3) is 0 Å². The number of nitrogens with zero attached hydrogens (tertiary/aromatic N) is 2. The molecule has 3 unspecified atom stereocenters. The number of rotatable bonds is 10. The second-order valence-corrected chi connectivity index (χ2v) is 13.9. The van der Waals surface area contributed by atoms with Gasteiger partial charge in [-0.25, -0.2) is 22.9 Å². The Morgan fingerprint density at radius 2 is 1.96 bits per heavy atom. The van der Waals surface area contributed by atoms with Crippen LogP contribution in [0.5, 0.6) is 5.88 Å². The number of ether oxygens (including phenoxy) is 1. The lowest BCUT2D eigenvalue weighted by Gasteiger charge is -2.49. The molecule has 5 rings (SSSR count). The predicted octanol–water partition coefficient (Wildman–Crippen LogP) is 5.46. The Bertz CT molecular complexity index is 1590. The Hall–Kier alpha value is -3.53. The maximum atomic E-state index is 15.3. The van der Waals surface area contributed by atoms with Crippen LogP contribution in [0.3, 0.4) is 0 Å².